The van der Waals surface area contributed by atoms with Crippen LogP contribution in [0.25, 0.3) is 0 Å². The number of para-hydroxylation sites is 1. The molecule has 18 heavy (non-hydrogen) atoms. The van der Waals surface area contributed by atoms with Crippen molar-refractivity contribution < 1.29 is 9.66 Å². The second kappa shape index (κ2) is 4.63. The molecule has 1 N–H and O–H groups in total. The van der Waals surface area contributed by atoms with Crippen molar-refractivity contribution in [3.05, 3.63) is 33.9 Å². The van der Waals surface area contributed by atoms with Crippen LogP contribution < -0.4 is 5.32 Å². The molecule has 2 rings (SSSR count). The molecule has 0 saturated carbocycles. The first kappa shape index (κ1) is 12.3. The Hall–Kier alpha value is -2.13. The second-order valence-electron chi connectivity index (χ2n) is 4.56. The Labute approximate surface area is 104 Å². The molecular weight excluding hydrogens is 234 g/mol. The van der Waals surface area contributed by atoms with Gasteiger partial charge < -0.3 is 10.1 Å². The molecule has 1 aliphatic rings. The molecule has 1 heterocycles. The van der Waals surface area contributed by atoms with Crippen LogP contribution in [-0.4, -0.2) is 23.7 Å². The van der Waals surface area contributed by atoms with E-state index < -0.39 is 4.92 Å². The summed E-state index contributed by atoms with van der Waals surface area (Å²) in [5.74, 6) is 0. The summed E-state index contributed by atoms with van der Waals surface area (Å²) in [6, 6.07) is 6.53. The third kappa shape index (κ3) is 2.26. The summed E-state index contributed by atoms with van der Waals surface area (Å²) < 4.78 is 5.29. The zero-order valence-corrected chi connectivity index (χ0v) is 9.97. The second-order valence-corrected chi connectivity index (χ2v) is 4.56. The van der Waals surface area contributed by atoms with Gasteiger partial charge in [-0.1, -0.05) is 6.07 Å². The maximum Gasteiger partial charge on any atom is 0.309 e. The fourth-order valence-electron chi connectivity index (χ4n) is 2.02. The Morgan fingerprint density at radius 3 is 2.94 bits per heavy atom. The number of nitrogens with one attached hydrogen (secondary N) is 1. The standard InChI is InChI=1S/C12H13N3O3/c1-12(5-6-18-8-12)14-10-4-2-3-9(7-13)11(10)15(16)17/h2-4,14H,5-6,8H2,1H3. The molecule has 1 aliphatic heterocycles. The third-order valence-corrected chi connectivity index (χ3v) is 2.99. The van der Waals surface area contributed by atoms with Gasteiger partial charge in [0.25, 0.3) is 0 Å². The zero-order valence-electron chi connectivity index (χ0n) is 9.97. The number of nitriles is 1. The number of hydrogen-bond donors (Lipinski definition) is 1. The van der Waals surface area contributed by atoms with E-state index in [-0.39, 0.29) is 16.8 Å². The van der Waals surface area contributed by atoms with E-state index in [1.165, 1.54) is 6.07 Å². The number of benzene rings is 1. The Morgan fingerprint density at radius 1 is 1.61 bits per heavy atom. The van der Waals surface area contributed by atoms with Gasteiger partial charge in [0.1, 0.15) is 17.3 Å². The lowest BCUT2D eigenvalue weighted by Crippen LogP contribution is -2.35. The highest BCUT2D eigenvalue weighted by atomic mass is 16.6. The summed E-state index contributed by atoms with van der Waals surface area (Å²) in [5, 5.41) is 23.1. The van der Waals surface area contributed by atoms with Gasteiger partial charge in [-0.15, -0.1) is 0 Å². The lowest BCUT2D eigenvalue weighted by atomic mass is 10.0. The first-order valence-electron chi connectivity index (χ1n) is 5.59. The Kier molecular flexibility index (Phi) is 3.17. The largest absolute Gasteiger partial charge is 0.379 e. The number of nitro groups is 1. The number of nitrogens with zero attached hydrogens (tertiary/aromatic N) is 2. The average Bonchev–Trinajstić information content (AvgIpc) is 2.75. The van der Waals surface area contributed by atoms with Crippen molar-refractivity contribution in [3.63, 3.8) is 0 Å². The van der Waals surface area contributed by atoms with E-state index in [0.29, 0.717) is 18.9 Å². The maximum absolute atomic E-state index is 11.1. The number of nitro benzene ring substituents is 1. The topological polar surface area (TPSA) is 88.2 Å². The van der Waals surface area contributed by atoms with Crippen molar-refractivity contribution in [3.8, 4) is 6.07 Å². The first-order chi connectivity index (χ1) is 8.56. The molecule has 1 aromatic carbocycles. The summed E-state index contributed by atoms with van der Waals surface area (Å²) in [6.45, 7) is 3.08. The van der Waals surface area contributed by atoms with E-state index in [4.69, 9.17) is 10.00 Å². The van der Waals surface area contributed by atoms with Crippen LogP contribution in [0.15, 0.2) is 18.2 Å². The van der Waals surface area contributed by atoms with Crippen molar-refractivity contribution in [2.75, 3.05) is 18.5 Å². The lowest BCUT2D eigenvalue weighted by molar-refractivity contribution is -0.384. The molecule has 0 aromatic heterocycles. The number of hydrogen-bond acceptors (Lipinski definition) is 5. The minimum Gasteiger partial charge on any atom is -0.379 e. The third-order valence-electron chi connectivity index (χ3n) is 2.99. The van der Waals surface area contributed by atoms with Crippen LogP contribution in [0, 0.1) is 21.4 Å². The maximum atomic E-state index is 11.1. The lowest BCUT2D eigenvalue weighted by Gasteiger charge is -2.24. The summed E-state index contributed by atoms with van der Waals surface area (Å²) in [6.07, 6.45) is 0.779. The minimum absolute atomic E-state index is 0.0625. The Balaban J connectivity index is 2.39. The molecule has 0 radical (unpaired) electrons. The van der Waals surface area contributed by atoms with Gasteiger partial charge >= 0.3 is 5.69 Å². The monoisotopic (exact) mass is 247 g/mol. The van der Waals surface area contributed by atoms with Gasteiger partial charge in [-0.05, 0) is 25.5 Å². The Morgan fingerprint density at radius 2 is 2.39 bits per heavy atom. The van der Waals surface area contributed by atoms with Crippen molar-refractivity contribution in [2.24, 2.45) is 0 Å². The highest BCUT2D eigenvalue weighted by molar-refractivity contribution is 5.69. The van der Waals surface area contributed by atoms with Crippen molar-refractivity contribution in [1.29, 1.82) is 5.26 Å². The molecule has 0 aliphatic carbocycles. The van der Waals surface area contributed by atoms with Crippen molar-refractivity contribution in [2.45, 2.75) is 18.9 Å². The highest BCUT2D eigenvalue weighted by Gasteiger charge is 2.32. The molecule has 6 nitrogen and oxygen atoms in total. The van der Waals surface area contributed by atoms with Crippen LogP contribution in [0.1, 0.15) is 18.9 Å². The van der Waals surface area contributed by atoms with E-state index in [1.54, 1.807) is 12.1 Å². The molecule has 1 aromatic rings. The van der Waals surface area contributed by atoms with Crippen LogP contribution in [0.4, 0.5) is 11.4 Å². The molecule has 6 heteroatoms. The van der Waals surface area contributed by atoms with Gasteiger partial charge in [-0.25, -0.2) is 0 Å². The quantitative estimate of drug-likeness (QED) is 0.652. The van der Waals surface area contributed by atoms with Gasteiger partial charge in [0.15, 0.2) is 0 Å². The van der Waals surface area contributed by atoms with Gasteiger partial charge in [0.05, 0.1) is 17.1 Å². The van der Waals surface area contributed by atoms with E-state index in [9.17, 15) is 10.1 Å². The normalized spacial score (nSPS) is 22.4. The average molecular weight is 247 g/mol. The van der Waals surface area contributed by atoms with Crippen LogP contribution in [0.3, 0.4) is 0 Å². The molecule has 1 atom stereocenters. The molecule has 0 amide bonds. The van der Waals surface area contributed by atoms with Gasteiger partial charge in [0.2, 0.25) is 0 Å². The molecule has 0 bridgehead atoms. The van der Waals surface area contributed by atoms with Crippen LogP contribution >= 0.6 is 0 Å². The molecule has 1 fully saturated rings. The predicted molar refractivity (Wildman–Crippen MR) is 65.3 cm³/mol. The molecule has 1 unspecified atom stereocenters. The summed E-state index contributed by atoms with van der Waals surface area (Å²) >= 11 is 0. The summed E-state index contributed by atoms with van der Waals surface area (Å²) in [7, 11) is 0. The fraction of sp³-hybridized carbons (Fsp3) is 0.417. The van der Waals surface area contributed by atoms with Crippen LogP contribution in [-0.2, 0) is 4.74 Å². The highest BCUT2D eigenvalue weighted by Crippen LogP contribution is 2.32. The summed E-state index contributed by atoms with van der Waals surface area (Å²) in [4.78, 5) is 10.5. The van der Waals surface area contributed by atoms with E-state index >= 15 is 0 Å². The fourth-order valence-corrected chi connectivity index (χ4v) is 2.02. The zero-order chi connectivity index (χ0) is 13.2. The predicted octanol–water partition coefficient (Wildman–Crippen LogP) is 2.06. The van der Waals surface area contributed by atoms with Crippen molar-refractivity contribution >= 4 is 11.4 Å². The number of ether oxygens (including phenoxy) is 1. The smallest absolute Gasteiger partial charge is 0.309 e. The SMILES string of the molecule is CC1(Nc2cccc(C#N)c2[N+](=O)[O-])CCOC1. The van der Waals surface area contributed by atoms with E-state index in [2.05, 4.69) is 5.32 Å². The molecule has 94 valence electrons. The van der Waals surface area contributed by atoms with Gasteiger partial charge in [-0.3, -0.25) is 10.1 Å². The molecular formula is C12H13N3O3. The van der Waals surface area contributed by atoms with Crippen LogP contribution in [0.2, 0.25) is 0 Å². The van der Waals surface area contributed by atoms with E-state index in [1.807, 2.05) is 13.0 Å². The number of anilines is 1. The van der Waals surface area contributed by atoms with Gasteiger partial charge in [-0.2, -0.15) is 5.26 Å². The first-order valence-corrected chi connectivity index (χ1v) is 5.59. The number of rotatable bonds is 3. The van der Waals surface area contributed by atoms with E-state index in [0.717, 1.165) is 6.42 Å². The minimum atomic E-state index is -0.528. The Bertz CT molecular complexity index is 516. The molecule has 1 saturated heterocycles. The molecule has 0 spiro atoms. The summed E-state index contributed by atoms with van der Waals surface area (Å²) in [5.41, 5.74) is -0.0635. The van der Waals surface area contributed by atoms with Crippen molar-refractivity contribution in [1.82, 2.24) is 0 Å². The van der Waals surface area contributed by atoms with Gasteiger partial charge in [0, 0.05) is 6.61 Å². The van der Waals surface area contributed by atoms with Crippen LogP contribution in [0.5, 0.6) is 0 Å².